The van der Waals surface area contributed by atoms with Gasteiger partial charge in [-0.05, 0) is 25.7 Å². The lowest BCUT2D eigenvalue weighted by atomic mass is 10.0. The monoisotopic (exact) mass is 345 g/mol. The smallest absolute Gasteiger partial charge is 0.274 e. The molecule has 2 aliphatic heterocycles. The molecule has 0 spiro atoms. The van der Waals surface area contributed by atoms with E-state index in [2.05, 4.69) is 21.8 Å². The van der Waals surface area contributed by atoms with Gasteiger partial charge in [0.25, 0.3) is 5.91 Å². The SMILES string of the molecule is CCC1CCCCN1c1cnc(C(=O)N2CCN(C(C)=O)CC2)cn1. The van der Waals surface area contributed by atoms with Crippen molar-refractivity contribution in [3.8, 4) is 0 Å². The van der Waals surface area contributed by atoms with Crippen LogP contribution in [0.5, 0.6) is 0 Å². The van der Waals surface area contributed by atoms with E-state index in [-0.39, 0.29) is 11.8 Å². The van der Waals surface area contributed by atoms with Gasteiger partial charge in [0.15, 0.2) is 0 Å². The Balaban J connectivity index is 1.64. The number of amides is 2. The minimum atomic E-state index is -0.104. The molecule has 136 valence electrons. The summed E-state index contributed by atoms with van der Waals surface area (Å²) in [5.74, 6) is 0.820. The van der Waals surface area contributed by atoms with E-state index < -0.39 is 0 Å². The lowest BCUT2D eigenvalue weighted by molar-refractivity contribution is -0.130. The molecule has 0 N–H and O–H groups in total. The number of nitrogens with zero attached hydrogens (tertiary/aromatic N) is 5. The highest BCUT2D eigenvalue weighted by molar-refractivity contribution is 5.92. The maximum Gasteiger partial charge on any atom is 0.274 e. The number of carbonyl (C=O) groups is 2. The van der Waals surface area contributed by atoms with Gasteiger partial charge in [0, 0.05) is 45.7 Å². The molecule has 1 atom stereocenters. The van der Waals surface area contributed by atoms with Crippen LogP contribution in [0.3, 0.4) is 0 Å². The summed E-state index contributed by atoms with van der Waals surface area (Å²) in [5, 5.41) is 0. The minimum Gasteiger partial charge on any atom is -0.352 e. The quantitative estimate of drug-likeness (QED) is 0.831. The lowest BCUT2D eigenvalue weighted by Crippen LogP contribution is -2.50. The van der Waals surface area contributed by atoms with E-state index in [9.17, 15) is 9.59 Å². The van der Waals surface area contributed by atoms with Gasteiger partial charge in [-0.1, -0.05) is 6.92 Å². The molecule has 1 aromatic heterocycles. The van der Waals surface area contributed by atoms with E-state index in [1.165, 1.54) is 19.3 Å². The largest absolute Gasteiger partial charge is 0.352 e. The van der Waals surface area contributed by atoms with Crippen molar-refractivity contribution in [3.05, 3.63) is 18.1 Å². The Morgan fingerprint density at radius 3 is 2.36 bits per heavy atom. The molecule has 1 unspecified atom stereocenters. The molecule has 3 heterocycles. The molecule has 2 saturated heterocycles. The summed E-state index contributed by atoms with van der Waals surface area (Å²) in [5.41, 5.74) is 0.380. The summed E-state index contributed by atoms with van der Waals surface area (Å²) in [6.45, 7) is 7.03. The lowest BCUT2D eigenvalue weighted by Gasteiger charge is -2.36. The van der Waals surface area contributed by atoms with Crippen molar-refractivity contribution in [1.29, 1.82) is 0 Å². The number of rotatable bonds is 3. The van der Waals surface area contributed by atoms with Crippen LogP contribution in [0.4, 0.5) is 5.82 Å². The van der Waals surface area contributed by atoms with Crippen molar-refractivity contribution < 1.29 is 9.59 Å². The molecule has 7 nitrogen and oxygen atoms in total. The molecule has 0 radical (unpaired) electrons. The highest BCUT2D eigenvalue weighted by Gasteiger charge is 2.25. The first kappa shape index (κ1) is 17.6. The van der Waals surface area contributed by atoms with Crippen LogP contribution in [0.1, 0.15) is 50.0 Å². The van der Waals surface area contributed by atoms with Crippen LogP contribution in [0.25, 0.3) is 0 Å². The summed E-state index contributed by atoms with van der Waals surface area (Å²) in [6, 6.07) is 0.518. The molecule has 0 saturated carbocycles. The van der Waals surface area contributed by atoms with Crippen LogP contribution in [0.2, 0.25) is 0 Å². The van der Waals surface area contributed by atoms with Crippen molar-refractivity contribution in [1.82, 2.24) is 19.8 Å². The van der Waals surface area contributed by atoms with Crippen molar-refractivity contribution in [2.45, 2.75) is 45.6 Å². The third-order valence-corrected chi connectivity index (χ3v) is 5.26. The maximum absolute atomic E-state index is 12.6. The average Bonchev–Trinajstić information content (AvgIpc) is 2.67. The number of anilines is 1. The highest BCUT2D eigenvalue weighted by Crippen LogP contribution is 2.24. The van der Waals surface area contributed by atoms with Gasteiger partial charge in [-0.3, -0.25) is 9.59 Å². The van der Waals surface area contributed by atoms with E-state index in [1.807, 2.05) is 0 Å². The van der Waals surface area contributed by atoms with Crippen molar-refractivity contribution in [2.75, 3.05) is 37.6 Å². The van der Waals surface area contributed by atoms with Crippen molar-refractivity contribution in [3.63, 3.8) is 0 Å². The maximum atomic E-state index is 12.6. The molecule has 7 heteroatoms. The molecule has 1 aromatic rings. The molecule has 25 heavy (non-hydrogen) atoms. The first-order valence-corrected chi connectivity index (χ1v) is 9.23. The van der Waals surface area contributed by atoms with Crippen LogP contribution in [-0.2, 0) is 4.79 Å². The third kappa shape index (κ3) is 3.91. The summed E-state index contributed by atoms with van der Waals surface area (Å²) >= 11 is 0. The van der Waals surface area contributed by atoms with Gasteiger partial charge in [-0.2, -0.15) is 0 Å². The normalized spacial score (nSPS) is 21.4. The minimum absolute atomic E-state index is 0.0586. The van der Waals surface area contributed by atoms with Gasteiger partial charge in [0.2, 0.25) is 5.91 Å². The van der Waals surface area contributed by atoms with Gasteiger partial charge < -0.3 is 14.7 Å². The Bertz CT molecular complexity index is 610. The fraction of sp³-hybridized carbons (Fsp3) is 0.667. The third-order valence-electron chi connectivity index (χ3n) is 5.26. The van der Waals surface area contributed by atoms with Gasteiger partial charge >= 0.3 is 0 Å². The Morgan fingerprint density at radius 2 is 1.76 bits per heavy atom. The number of piperidine rings is 1. The van der Waals surface area contributed by atoms with Gasteiger partial charge in [0.05, 0.1) is 12.4 Å². The van der Waals surface area contributed by atoms with E-state index in [1.54, 1.807) is 29.1 Å². The molecule has 2 aliphatic rings. The van der Waals surface area contributed by atoms with Crippen LogP contribution < -0.4 is 4.90 Å². The van der Waals surface area contributed by atoms with E-state index >= 15 is 0 Å². The first-order valence-electron chi connectivity index (χ1n) is 9.23. The second-order valence-corrected chi connectivity index (χ2v) is 6.81. The molecular weight excluding hydrogens is 318 g/mol. The standard InChI is InChI=1S/C18H27N5O2/c1-3-15-6-4-5-7-23(15)17-13-19-16(12-20-17)18(25)22-10-8-21(9-11-22)14(2)24/h12-13,15H,3-11H2,1-2H3. The number of aromatic nitrogens is 2. The molecule has 2 fully saturated rings. The Hall–Kier alpha value is -2.18. The predicted octanol–water partition coefficient (Wildman–Crippen LogP) is 1.55. The Labute approximate surface area is 149 Å². The molecule has 2 amide bonds. The zero-order chi connectivity index (χ0) is 17.8. The molecule has 0 bridgehead atoms. The summed E-state index contributed by atoms with van der Waals surface area (Å²) < 4.78 is 0. The second kappa shape index (κ2) is 7.80. The summed E-state index contributed by atoms with van der Waals surface area (Å²) in [6.07, 6.45) is 8.07. The van der Waals surface area contributed by atoms with E-state index in [4.69, 9.17) is 0 Å². The number of carbonyl (C=O) groups excluding carboxylic acids is 2. The topological polar surface area (TPSA) is 69.6 Å². The summed E-state index contributed by atoms with van der Waals surface area (Å²) in [4.78, 5) is 38.7. The number of hydrogen-bond acceptors (Lipinski definition) is 5. The summed E-state index contributed by atoms with van der Waals surface area (Å²) in [7, 11) is 0. The van der Waals surface area contributed by atoms with E-state index in [0.29, 0.717) is 37.9 Å². The fourth-order valence-corrected chi connectivity index (χ4v) is 3.69. The molecule has 0 aromatic carbocycles. The highest BCUT2D eigenvalue weighted by atomic mass is 16.2. The van der Waals surface area contributed by atoms with Gasteiger partial charge in [-0.25, -0.2) is 9.97 Å². The van der Waals surface area contributed by atoms with Crippen LogP contribution in [0.15, 0.2) is 12.4 Å². The average molecular weight is 345 g/mol. The van der Waals surface area contributed by atoms with Gasteiger partial charge in [-0.15, -0.1) is 0 Å². The first-order chi connectivity index (χ1) is 12.1. The zero-order valence-electron chi connectivity index (χ0n) is 15.1. The van der Waals surface area contributed by atoms with Gasteiger partial charge in [0.1, 0.15) is 11.5 Å². The Kier molecular flexibility index (Phi) is 5.50. The number of piperazine rings is 1. The predicted molar refractivity (Wildman–Crippen MR) is 95.5 cm³/mol. The molecular formula is C18H27N5O2. The molecule has 0 aliphatic carbocycles. The molecule has 3 rings (SSSR count). The van der Waals surface area contributed by atoms with Crippen LogP contribution in [-0.4, -0.2) is 70.3 Å². The fourth-order valence-electron chi connectivity index (χ4n) is 3.69. The van der Waals surface area contributed by atoms with Crippen LogP contribution >= 0.6 is 0 Å². The van der Waals surface area contributed by atoms with Crippen LogP contribution in [0, 0.1) is 0 Å². The van der Waals surface area contributed by atoms with Crippen molar-refractivity contribution in [2.24, 2.45) is 0 Å². The van der Waals surface area contributed by atoms with E-state index in [0.717, 1.165) is 18.8 Å². The van der Waals surface area contributed by atoms with Crippen molar-refractivity contribution >= 4 is 17.6 Å². The second-order valence-electron chi connectivity index (χ2n) is 6.81. The number of hydrogen-bond donors (Lipinski definition) is 0. The Morgan fingerprint density at radius 1 is 1.04 bits per heavy atom. The zero-order valence-corrected chi connectivity index (χ0v) is 15.1.